The maximum Gasteiger partial charge on any atom is 0.137 e. The van der Waals surface area contributed by atoms with Crippen LogP contribution in [0.5, 0.6) is 11.5 Å². The standard InChI is InChI=1S/C18H23NO3/c1-19(12-13-21-17-8-4-2-5-9-17)14-16(20)15-22-18-10-6-3-7-11-18/h2-11,16,20H,12-15H2,1H3/p+1/t16-/m0/s1. The monoisotopic (exact) mass is 302 g/mol. The van der Waals surface area contributed by atoms with Crippen LogP contribution in [0.3, 0.4) is 0 Å². The van der Waals surface area contributed by atoms with Gasteiger partial charge < -0.3 is 19.5 Å². The summed E-state index contributed by atoms with van der Waals surface area (Å²) in [4.78, 5) is 1.21. The highest BCUT2D eigenvalue weighted by molar-refractivity contribution is 5.21. The molecule has 0 radical (unpaired) electrons. The summed E-state index contributed by atoms with van der Waals surface area (Å²) in [6.45, 7) is 2.39. The van der Waals surface area contributed by atoms with Crippen molar-refractivity contribution >= 4 is 0 Å². The zero-order chi connectivity index (χ0) is 15.6. The first-order chi connectivity index (χ1) is 10.7. The van der Waals surface area contributed by atoms with Gasteiger partial charge in [0.15, 0.2) is 0 Å². The Bertz CT molecular complexity index is 518. The zero-order valence-electron chi connectivity index (χ0n) is 12.9. The van der Waals surface area contributed by atoms with Gasteiger partial charge in [-0.2, -0.15) is 0 Å². The van der Waals surface area contributed by atoms with E-state index in [1.807, 2.05) is 67.7 Å². The van der Waals surface area contributed by atoms with Crippen molar-refractivity contribution in [2.24, 2.45) is 0 Å². The van der Waals surface area contributed by atoms with E-state index in [1.165, 1.54) is 4.90 Å². The van der Waals surface area contributed by atoms with Crippen LogP contribution in [0, 0.1) is 0 Å². The molecule has 118 valence electrons. The summed E-state index contributed by atoms with van der Waals surface area (Å²) >= 11 is 0. The minimum Gasteiger partial charge on any atom is -0.491 e. The fourth-order valence-electron chi connectivity index (χ4n) is 2.13. The molecular weight excluding hydrogens is 278 g/mol. The molecule has 0 saturated carbocycles. The van der Waals surface area contributed by atoms with Gasteiger partial charge in [0, 0.05) is 0 Å². The molecule has 0 bridgehead atoms. The summed E-state index contributed by atoms with van der Waals surface area (Å²) in [6, 6.07) is 19.3. The van der Waals surface area contributed by atoms with Crippen LogP contribution >= 0.6 is 0 Å². The van der Waals surface area contributed by atoms with E-state index in [0.29, 0.717) is 19.8 Å². The van der Waals surface area contributed by atoms with E-state index in [2.05, 4.69) is 0 Å². The molecule has 0 fully saturated rings. The number of benzene rings is 2. The van der Waals surface area contributed by atoms with E-state index in [4.69, 9.17) is 9.47 Å². The third kappa shape index (κ3) is 6.16. The van der Waals surface area contributed by atoms with Gasteiger partial charge in [-0.3, -0.25) is 0 Å². The molecule has 4 heteroatoms. The Morgan fingerprint density at radius 2 is 1.45 bits per heavy atom. The Morgan fingerprint density at radius 1 is 0.909 bits per heavy atom. The van der Waals surface area contributed by atoms with Crippen LogP contribution in [0.2, 0.25) is 0 Å². The van der Waals surface area contributed by atoms with Crippen LogP contribution in [0.25, 0.3) is 0 Å². The number of nitrogens with one attached hydrogen (secondary N) is 1. The van der Waals surface area contributed by atoms with Crippen LogP contribution in [-0.2, 0) is 0 Å². The molecule has 2 atom stereocenters. The van der Waals surface area contributed by atoms with Gasteiger partial charge in [0.05, 0.1) is 7.05 Å². The van der Waals surface area contributed by atoms with Crippen molar-refractivity contribution in [3.63, 3.8) is 0 Å². The number of quaternary nitrogens is 1. The molecular formula is C18H24NO3+. The Morgan fingerprint density at radius 3 is 2.05 bits per heavy atom. The molecule has 1 unspecified atom stereocenters. The second-order valence-corrected chi connectivity index (χ2v) is 5.35. The van der Waals surface area contributed by atoms with E-state index in [9.17, 15) is 5.11 Å². The van der Waals surface area contributed by atoms with Gasteiger partial charge in [-0.25, -0.2) is 0 Å². The van der Waals surface area contributed by atoms with E-state index in [-0.39, 0.29) is 0 Å². The smallest absolute Gasteiger partial charge is 0.137 e. The topological polar surface area (TPSA) is 43.1 Å². The van der Waals surface area contributed by atoms with Gasteiger partial charge in [0.2, 0.25) is 0 Å². The lowest BCUT2D eigenvalue weighted by atomic mass is 10.3. The van der Waals surface area contributed by atoms with Crippen LogP contribution < -0.4 is 14.4 Å². The average molecular weight is 302 g/mol. The van der Waals surface area contributed by atoms with Crippen LogP contribution in [0.15, 0.2) is 60.7 Å². The Kier molecular flexibility index (Phi) is 6.74. The highest BCUT2D eigenvalue weighted by Gasteiger charge is 2.12. The van der Waals surface area contributed by atoms with Crippen molar-refractivity contribution < 1.29 is 19.5 Å². The number of aliphatic hydroxyl groups is 1. The predicted octanol–water partition coefficient (Wildman–Crippen LogP) is 1.02. The average Bonchev–Trinajstić information content (AvgIpc) is 2.55. The fraction of sp³-hybridized carbons (Fsp3) is 0.333. The molecule has 0 aliphatic rings. The Hall–Kier alpha value is -2.04. The maximum atomic E-state index is 10.0. The first-order valence-corrected chi connectivity index (χ1v) is 7.59. The molecule has 0 saturated heterocycles. The third-order valence-corrected chi connectivity index (χ3v) is 3.31. The van der Waals surface area contributed by atoms with Gasteiger partial charge in [-0.1, -0.05) is 36.4 Å². The first kappa shape index (κ1) is 16.3. The van der Waals surface area contributed by atoms with Gasteiger partial charge in [0.25, 0.3) is 0 Å². The molecule has 2 N–H and O–H groups in total. The van der Waals surface area contributed by atoms with Crippen molar-refractivity contribution in [2.45, 2.75) is 6.10 Å². The normalized spacial score (nSPS) is 13.4. The molecule has 0 aliphatic carbocycles. The molecule has 0 aliphatic heterocycles. The lowest BCUT2D eigenvalue weighted by molar-refractivity contribution is -0.883. The summed E-state index contributed by atoms with van der Waals surface area (Å²) in [6.07, 6.45) is -0.489. The molecule has 0 amide bonds. The molecule has 22 heavy (non-hydrogen) atoms. The van der Waals surface area contributed by atoms with E-state index in [0.717, 1.165) is 18.0 Å². The number of para-hydroxylation sites is 2. The molecule has 2 rings (SSSR count). The fourth-order valence-corrected chi connectivity index (χ4v) is 2.13. The molecule has 0 aromatic heterocycles. The largest absolute Gasteiger partial charge is 0.491 e. The minimum atomic E-state index is -0.489. The summed E-state index contributed by atoms with van der Waals surface area (Å²) < 4.78 is 11.2. The molecule has 0 heterocycles. The second kappa shape index (κ2) is 9.07. The van der Waals surface area contributed by atoms with Crippen LogP contribution in [-0.4, -0.2) is 44.6 Å². The third-order valence-electron chi connectivity index (χ3n) is 3.31. The summed E-state index contributed by atoms with van der Waals surface area (Å²) in [5, 5.41) is 10.0. The number of hydrogen-bond donors (Lipinski definition) is 2. The van der Waals surface area contributed by atoms with E-state index < -0.39 is 6.10 Å². The first-order valence-electron chi connectivity index (χ1n) is 7.59. The van der Waals surface area contributed by atoms with Gasteiger partial charge in [0.1, 0.15) is 43.9 Å². The van der Waals surface area contributed by atoms with Gasteiger partial charge in [-0.15, -0.1) is 0 Å². The predicted molar refractivity (Wildman–Crippen MR) is 86.5 cm³/mol. The molecule has 0 spiro atoms. The maximum absolute atomic E-state index is 10.0. The quantitative estimate of drug-likeness (QED) is 0.727. The van der Waals surface area contributed by atoms with E-state index >= 15 is 0 Å². The zero-order valence-corrected chi connectivity index (χ0v) is 12.9. The highest BCUT2D eigenvalue weighted by atomic mass is 16.5. The van der Waals surface area contributed by atoms with Gasteiger partial charge >= 0.3 is 0 Å². The Labute approximate surface area is 131 Å². The van der Waals surface area contributed by atoms with E-state index in [1.54, 1.807) is 0 Å². The number of aliphatic hydroxyl groups excluding tert-OH is 1. The van der Waals surface area contributed by atoms with Crippen molar-refractivity contribution in [1.29, 1.82) is 0 Å². The van der Waals surface area contributed by atoms with Crippen molar-refractivity contribution in [3.8, 4) is 11.5 Å². The summed E-state index contributed by atoms with van der Waals surface area (Å²) in [5.41, 5.74) is 0. The number of likely N-dealkylation sites (N-methyl/N-ethyl adjacent to an activating group) is 1. The minimum absolute atomic E-state index is 0.306. The lowest BCUT2D eigenvalue weighted by Crippen LogP contribution is -3.10. The lowest BCUT2D eigenvalue weighted by Gasteiger charge is -2.18. The molecule has 2 aromatic rings. The van der Waals surface area contributed by atoms with Crippen LogP contribution in [0.4, 0.5) is 0 Å². The summed E-state index contributed by atoms with van der Waals surface area (Å²) in [7, 11) is 2.04. The number of hydrogen-bond acceptors (Lipinski definition) is 3. The van der Waals surface area contributed by atoms with Crippen molar-refractivity contribution in [3.05, 3.63) is 60.7 Å². The Balaban J connectivity index is 1.60. The van der Waals surface area contributed by atoms with Crippen molar-refractivity contribution in [2.75, 3.05) is 33.4 Å². The van der Waals surface area contributed by atoms with Crippen LogP contribution in [0.1, 0.15) is 0 Å². The highest BCUT2D eigenvalue weighted by Crippen LogP contribution is 2.08. The number of rotatable bonds is 9. The number of ether oxygens (including phenoxy) is 2. The SMILES string of the molecule is C[NH+](CCOc1ccccc1)C[C@H](O)COc1ccccc1. The summed E-state index contributed by atoms with van der Waals surface area (Å²) in [5.74, 6) is 1.66. The molecule has 2 aromatic carbocycles. The van der Waals surface area contributed by atoms with Gasteiger partial charge in [-0.05, 0) is 24.3 Å². The second-order valence-electron chi connectivity index (χ2n) is 5.35. The molecule has 4 nitrogen and oxygen atoms in total. The van der Waals surface area contributed by atoms with Crippen molar-refractivity contribution in [1.82, 2.24) is 0 Å².